The summed E-state index contributed by atoms with van der Waals surface area (Å²) < 4.78 is 3.07. The predicted molar refractivity (Wildman–Crippen MR) is 78.2 cm³/mol. The molecule has 18 heavy (non-hydrogen) atoms. The molecular formula is C12H11BrN4S. The van der Waals surface area contributed by atoms with Crippen LogP contribution in [-0.2, 0) is 0 Å². The molecule has 0 aliphatic heterocycles. The highest BCUT2D eigenvalue weighted by Crippen LogP contribution is 2.31. The zero-order valence-electron chi connectivity index (χ0n) is 9.92. The van der Waals surface area contributed by atoms with Gasteiger partial charge in [0.05, 0.1) is 11.8 Å². The molecule has 2 heterocycles. The first-order chi connectivity index (χ1) is 8.58. The van der Waals surface area contributed by atoms with Crippen LogP contribution in [-0.4, -0.2) is 19.5 Å². The Balaban J connectivity index is 2.56. The summed E-state index contributed by atoms with van der Waals surface area (Å²) in [5.41, 5.74) is 2.83. The third kappa shape index (κ3) is 1.71. The smallest absolute Gasteiger partial charge is 0.185 e. The van der Waals surface area contributed by atoms with Gasteiger partial charge in [-0.3, -0.25) is 0 Å². The van der Waals surface area contributed by atoms with E-state index in [4.69, 9.17) is 0 Å². The minimum absolute atomic E-state index is 0.325. The Morgan fingerprint density at radius 1 is 1.28 bits per heavy atom. The predicted octanol–water partition coefficient (Wildman–Crippen LogP) is 3.61. The molecule has 0 bridgehead atoms. The van der Waals surface area contributed by atoms with Crippen LogP contribution in [0.15, 0.2) is 28.2 Å². The summed E-state index contributed by atoms with van der Waals surface area (Å²) in [6.07, 6.45) is 3.63. The molecule has 0 saturated carbocycles. The molecule has 0 spiro atoms. The molecule has 3 rings (SSSR count). The first-order valence-corrected chi connectivity index (χ1v) is 6.82. The Bertz CT molecular complexity index is 750. The van der Waals surface area contributed by atoms with Gasteiger partial charge in [0, 0.05) is 22.1 Å². The van der Waals surface area contributed by atoms with E-state index in [1.165, 1.54) is 0 Å². The van der Waals surface area contributed by atoms with E-state index in [1.807, 2.05) is 12.4 Å². The second-order valence-corrected chi connectivity index (χ2v) is 5.66. The average molecular weight is 323 g/mol. The van der Waals surface area contributed by atoms with Gasteiger partial charge < -0.3 is 4.57 Å². The van der Waals surface area contributed by atoms with Crippen LogP contribution in [0.5, 0.6) is 0 Å². The Kier molecular flexibility index (Phi) is 2.79. The number of nitrogens with zero attached hydrogens (tertiary/aromatic N) is 4. The van der Waals surface area contributed by atoms with Gasteiger partial charge in [-0.1, -0.05) is 0 Å². The van der Waals surface area contributed by atoms with Gasteiger partial charge in [0.1, 0.15) is 11.0 Å². The van der Waals surface area contributed by atoms with Crippen LogP contribution in [0.1, 0.15) is 19.9 Å². The zero-order chi connectivity index (χ0) is 12.9. The molecule has 0 fully saturated rings. The monoisotopic (exact) mass is 322 g/mol. The molecule has 4 nitrogen and oxygen atoms in total. The molecule has 0 atom stereocenters. The number of imidazole rings is 1. The Labute approximate surface area is 118 Å². The number of hydrogen-bond donors (Lipinski definition) is 1. The molecule has 0 aliphatic rings. The minimum atomic E-state index is 0.325. The van der Waals surface area contributed by atoms with E-state index < -0.39 is 0 Å². The summed E-state index contributed by atoms with van der Waals surface area (Å²) in [4.78, 5) is 13.0. The number of hydrogen-bond acceptors (Lipinski definition) is 4. The lowest BCUT2D eigenvalue weighted by Crippen LogP contribution is -2.00. The Morgan fingerprint density at radius 2 is 2.06 bits per heavy atom. The normalized spacial score (nSPS) is 11.8. The lowest BCUT2D eigenvalue weighted by Gasteiger charge is -2.10. The molecule has 6 heteroatoms. The van der Waals surface area contributed by atoms with Crippen LogP contribution in [0.3, 0.4) is 0 Å². The van der Waals surface area contributed by atoms with Crippen LogP contribution in [0.4, 0.5) is 0 Å². The molecule has 0 N–H and O–H groups in total. The lowest BCUT2D eigenvalue weighted by atomic mass is 10.2. The van der Waals surface area contributed by atoms with Crippen molar-refractivity contribution in [3.8, 4) is 0 Å². The van der Waals surface area contributed by atoms with Crippen LogP contribution >= 0.6 is 28.6 Å². The fourth-order valence-corrected chi connectivity index (χ4v) is 2.74. The van der Waals surface area contributed by atoms with Crippen LogP contribution in [0.25, 0.3) is 21.9 Å². The van der Waals surface area contributed by atoms with Crippen molar-refractivity contribution in [2.45, 2.75) is 25.0 Å². The quantitative estimate of drug-likeness (QED) is 0.549. The van der Waals surface area contributed by atoms with Crippen molar-refractivity contribution >= 4 is 50.5 Å². The number of halogens is 1. The largest absolute Gasteiger partial charge is 0.326 e. The fraction of sp³-hybridized carbons (Fsp3) is 0.250. The maximum Gasteiger partial charge on any atom is 0.185 e. The average Bonchev–Trinajstić information content (AvgIpc) is 2.76. The minimum Gasteiger partial charge on any atom is -0.326 e. The number of thiol groups is 1. The van der Waals surface area contributed by atoms with Gasteiger partial charge in [0.15, 0.2) is 5.16 Å². The summed E-state index contributed by atoms with van der Waals surface area (Å²) in [5, 5.41) is 1.46. The molecule has 0 aliphatic carbocycles. The van der Waals surface area contributed by atoms with Gasteiger partial charge in [0.2, 0.25) is 0 Å². The number of fused-ring (bicyclic) bond motifs is 3. The van der Waals surface area contributed by atoms with Gasteiger partial charge in [-0.25, -0.2) is 15.0 Å². The number of aromatic nitrogens is 4. The van der Waals surface area contributed by atoms with Gasteiger partial charge in [0.25, 0.3) is 0 Å². The first-order valence-electron chi connectivity index (χ1n) is 5.58. The fourth-order valence-electron chi connectivity index (χ4n) is 2.04. The van der Waals surface area contributed by atoms with E-state index in [1.54, 1.807) is 6.20 Å². The van der Waals surface area contributed by atoms with Crippen LogP contribution in [0.2, 0.25) is 0 Å². The van der Waals surface area contributed by atoms with Gasteiger partial charge in [-0.2, -0.15) is 0 Å². The highest BCUT2D eigenvalue weighted by molar-refractivity contribution is 9.10. The second-order valence-electron chi connectivity index (χ2n) is 4.41. The molecule has 1 aromatic carbocycles. The van der Waals surface area contributed by atoms with Gasteiger partial charge in [-0.05, 0) is 35.8 Å². The maximum absolute atomic E-state index is 4.45. The summed E-state index contributed by atoms with van der Waals surface area (Å²) in [7, 11) is 0. The molecular weight excluding hydrogens is 312 g/mol. The van der Waals surface area contributed by atoms with E-state index in [0.717, 1.165) is 26.4 Å². The molecule has 2 aromatic heterocycles. The van der Waals surface area contributed by atoms with Crippen LogP contribution < -0.4 is 0 Å². The molecule has 0 unspecified atom stereocenters. The van der Waals surface area contributed by atoms with Crippen molar-refractivity contribution in [2.24, 2.45) is 0 Å². The van der Waals surface area contributed by atoms with E-state index in [9.17, 15) is 0 Å². The van der Waals surface area contributed by atoms with Crippen molar-refractivity contribution in [1.82, 2.24) is 19.5 Å². The molecule has 0 saturated heterocycles. The van der Waals surface area contributed by atoms with Gasteiger partial charge >= 0.3 is 0 Å². The summed E-state index contributed by atoms with van der Waals surface area (Å²) in [6, 6.07) is 2.31. The van der Waals surface area contributed by atoms with E-state index in [0.29, 0.717) is 11.2 Å². The second kappa shape index (κ2) is 4.20. The van der Waals surface area contributed by atoms with Crippen LogP contribution in [0, 0.1) is 0 Å². The van der Waals surface area contributed by atoms with Crippen molar-refractivity contribution in [2.75, 3.05) is 0 Å². The van der Waals surface area contributed by atoms with E-state index in [-0.39, 0.29) is 0 Å². The van der Waals surface area contributed by atoms with Crippen molar-refractivity contribution in [3.05, 3.63) is 23.1 Å². The van der Waals surface area contributed by atoms with Crippen molar-refractivity contribution < 1.29 is 0 Å². The molecule has 3 aromatic rings. The highest BCUT2D eigenvalue weighted by atomic mass is 79.9. The van der Waals surface area contributed by atoms with Crippen molar-refractivity contribution in [1.29, 1.82) is 0 Å². The molecule has 92 valence electrons. The first kappa shape index (κ1) is 11.9. The standard InChI is InChI=1S/C12H11BrN4S/c1-6(2)17-5-15-10-8(13)3-7-4-14-12(18)16-9(7)11(10)17/h3-6H,1-2H3,(H,14,16,18). The highest BCUT2D eigenvalue weighted by Gasteiger charge is 2.14. The third-order valence-corrected chi connectivity index (χ3v) is 3.71. The summed E-state index contributed by atoms with van der Waals surface area (Å²) in [6.45, 7) is 4.24. The van der Waals surface area contributed by atoms with Crippen molar-refractivity contribution in [3.63, 3.8) is 0 Å². The molecule has 0 radical (unpaired) electrons. The third-order valence-electron chi connectivity index (χ3n) is 2.89. The Morgan fingerprint density at radius 3 is 2.78 bits per heavy atom. The Hall–Kier alpha value is -1.14. The summed E-state index contributed by atoms with van der Waals surface area (Å²) >= 11 is 7.76. The SMILES string of the molecule is CC(C)n1cnc2c(Br)cc3cnc(S)nc3c21. The number of rotatable bonds is 1. The number of benzene rings is 1. The lowest BCUT2D eigenvalue weighted by molar-refractivity contribution is 0.618. The topological polar surface area (TPSA) is 43.6 Å². The van der Waals surface area contributed by atoms with E-state index >= 15 is 0 Å². The maximum atomic E-state index is 4.45. The zero-order valence-corrected chi connectivity index (χ0v) is 12.4. The molecule has 0 amide bonds. The summed E-state index contributed by atoms with van der Waals surface area (Å²) in [5.74, 6) is 0. The van der Waals surface area contributed by atoms with E-state index in [2.05, 4.69) is 61.9 Å². The van der Waals surface area contributed by atoms with Gasteiger partial charge in [-0.15, -0.1) is 12.6 Å².